The maximum Gasteiger partial charge on any atom is 0.408 e. The van der Waals surface area contributed by atoms with Crippen molar-refractivity contribution in [2.45, 2.75) is 57.7 Å². The topological polar surface area (TPSA) is 162 Å². The lowest BCUT2D eigenvalue weighted by Crippen LogP contribution is -2.31. The number of carbonyl (C=O) groups excluding carboxylic acids is 4. The first-order valence-electron chi connectivity index (χ1n) is 13.1. The fourth-order valence-corrected chi connectivity index (χ4v) is 4.89. The molecule has 3 aromatic rings. The second-order valence-electron chi connectivity index (χ2n) is 9.03. The van der Waals surface area contributed by atoms with Crippen molar-refractivity contribution in [1.29, 1.82) is 0 Å². The second-order valence-corrected chi connectivity index (χ2v) is 9.92. The van der Waals surface area contributed by atoms with E-state index in [0.29, 0.717) is 30.8 Å². The number of ether oxygens (including phenoxy) is 2. The van der Waals surface area contributed by atoms with Crippen molar-refractivity contribution in [3.8, 4) is 0 Å². The summed E-state index contributed by atoms with van der Waals surface area (Å²) in [6.07, 6.45) is 2.73. The molecule has 212 valence electrons. The number of carbonyl (C=O) groups is 4. The standard InChI is InChI=1S/C27H31N5O7S/c1-2-37-26(35)21-16-40-25(31-21)19-11-12-22(33)28-13-7-6-10-18(24-30-20(15-38-24)23(34)29-19)32-27(36)39-14-17-8-4-3-5-9-17/h3-5,8-9,15-16,18-19H,2,6-7,10-14H2,1H3,(H,28,33)(H,29,34)(H,32,36)/t18-,19-/m0/s1. The van der Waals surface area contributed by atoms with Gasteiger partial charge in [0.15, 0.2) is 11.4 Å². The Balaban J connectivity index is 1.48. The van der Waals surface area contributed by atoms with Crippen molar-refractivity contribution >= 4 is 35.2 Å². The van der Waals surface area contributed by atoms with E-state index in [1.165, 1.54) is 17.6 Å². The third-order valence-electron chi connectivity index (χ3n) is 6.07. The quantitative estimate of drug-likeness (QED) is 0.375. The Bertz CT molecular complexity index is 1310. The van der Waals surface area contributed by atoms with E-state index in [1.54, 1.807) is 12.3 Å². The third kappa shape index (κ3) is 8.12. The van der Waals surface area contributed by atoms with Gasteiger partial charge in [0.2, 0.25) is 11.8 Å². The Morgan fingerprint density at radius 2 is 1.95 bits per heavy atom. The molecule has 3 N–H and O–H groups in total. The summed E-state index contributed by atoms with van der Waals surface area (Å²) in [4.78, 5) is 58.9. The summed E-state index contributed by atoms with van der Waals surface area (Å²) < 4.78 is 15.9. The highest BCUT2D eigenvalue weighted by atomic mass is 32.1. The molecule has 0 saturated heterocycles. The van der Waals surface area contributed by atoms with E-state index >= 15 is 0 Å². The Morgan fingerprint density at radius 1 is 1.12 bits per heavy atom. The lowest BCUT2D eigenvalue weighted by Gasteiger charge is -2.16. The first-order chi connectivity index (χ1) is 19.4. The average Bonchev–Trinajstić information content (AvgIpc) is 3.64. The van der Waals surface area contributed by atoms with E-state index in [0.717, 1.165) is 5.56 Å². The van der Waals surface area contributed by atoms with E-state index in [-0.39, 0.29) is 49.2 Å². The van der Waals surface area contributed by atoms with Gasteiger partial charge in [-0.1, -0.05) is 30.3 Å². The van der Waals surface area contributed by atoms with Gasteiger partial charge in [0.1, 0.15) is 23.9 Å². The molecule has 1 aliphatic rings. The van der Waals surface area contributed by atoms with Crippen molar-refractivity contribution in [2.24, 2.45) is 0 Å². The highest BCUT2D eigenvalue weighted by Crippen LogP contribution is 2.25. The SMILES string of the molecule is CCOC(=O)c1csc([C@@H]2CCC(=O)NCCCC[C@H](NC(=O)OCc3ccccc3)c3nc(co3)C(=O)N2)n1. The molecular weight excluding hydrogens is 538 g/mol. The summed E-state index contributed by atoms with van der Waals surface area (Å²) >= 11 is 1.18. The molecule has 40 heavy (non-hydrogen) atoms. The molecule has 0 aliphatic carbocycles. The number of oxazole rings is 1. The van der Waals surface area contributed by atoms with E-state index in [1.807, 2.05) is 30.3 Å². The number of hydrogen-bond donors (Lipinski definition) is 3. The van der Waals surface area contributed by atoms with Crippen LogP contribution in [0.25, 0.3) is 0 Å². The number of thiazole rings is 1. The predicted molar refractivity (Wildman–Crippen MR) is 143 cm³/mol. The van der Waals surface area contributed by atoms with Crippen LogP contribution in [0.4, 0.5) is 4.79 Å². The van der Waals surface area contributed by atoms with Crippen molar-refractivity contribution in [3.63, 3.8) is 0 Å². The maximum atomic E-state index is 13.1. The largest absolute Gasteiger partial charge is 0.461 e. The Kier molecular flexibility index (Phi) is 10.2. The van der Waals surface area contributed by atoms with Gasteiger partial charge < -0.3 is 29.8 Å². The first kappa shape index (κ1) is 28.7. The van der Waals surface area contributed by atoms with Gasteiger partial charge >= 0.3 is 12.1 Å². The Hall–Kier alpha value is -4.26. The molecule has 0 saturated carbocycles. The summed E-state index contributed by atoms with van der Waals surface area (Å²) in [6.45, 7) is 2.45. The van der Waals surface area contributed by atoms with Crippen LogP contribution in [-0.4, -0.2) is 47.0 Å². The molecule has 2 bridgehead atoms. The van der Waals surface area contributed by atoms with Gasteiger partial charge in [-0.25, -0.2) is 19.6 Å². The van der Waals surface area contributed by atoms with E-state index in [4.69, 9.17) is 13.9 Å². The number of fused-ring (bicyclic) bond motifs is 2. The van der Waals surface area contributed by atoms with Gasteiger partial charge in [0.25, 0.3) is 5.91 Å². The first-order valence-corrected chi connectivity index (χ1v) is 13.9. The number of hydrogen-bond acceptors (Lipinski definition) is 10. The lowest BCUT2D eigenvalue weighted by molar-refractivity contribution is -0.121. The van der Waals surface area contributed by atoms with Gasteiger partial charge in [0.05, 0.1) is 12.6 Å². The summed E-state index contributed by atoms with van der Waals surface area (Å²) in [5.74, 6) is -1.11. The molecule has 0 unspecified atom stereocenters. The Morgan fingerprint density at radius 3 is 2.75 bits per heavy atom. The molecular formula is C27H31N5O7S. The van der Waals surface area contributed by atoms with Crippen molar-refractivity contribution < 1.29 is 33.1 Å². The van der Waals surface area contributed by atoms with Crippen molar-refractivity contribution in [2.75, 3.05) is 13.2 Å². The molecule has 2 atom stereocenters. The highest BCUT2D eigenvalue weighted by molar-refractivity contribution is 7.09. The molecule has 4 rings (SSSR count). The van der Waals surface area contributed by atoms with Crippen LogP contribution in [-0.2, 0) is 20.9 Å². The van der Waals surface area contributed by atoms with Crippen LogP contribution in [0.1, 0.15) is 88.6 Å². The van der Waals surface area contributed by atoms with Gasteiger partial charge in [0, 0.05) is 18.3 Å². The third-order valence-corrected chi connectivity index (χ3v) is 7.03. The minimum absolute atomic E-state index is 0.00551. The molecule has 0 radical (unpaired) electrons. The number of rotatable bonds is 6. The zero-order valence-corrected chi connectivity index (χ0v) is 22.8. The molecule has 12 nitrogen and oxygen atoms in total. The van der Waals surface area contributed by atoms with Gasteiger partial charge in [-0.3, -0.25) is 9.59 Å². The fraction of sp³-hybridized carbons (Fsp3) is 0.407. The minimum Gasteiger partial charge on any atom is -0.461 e. The molecule has 3 amide bonds. The normalized spacial score (nSPS) is 18.4. The zero-order valence-electron chi connectivity index (χ0n) is 22.0. The lowest BCUT2D eigenvalue weighted by atomic mass is 10.1. The van der Waals surface area contributed by atoms with E-state index < -0.39 is 30.1 Å². The monoisotopic (exact) mass is 569 g/mol. The van der Waals surface area contributed by atoms with E-state index in [9.17, 15) is 19.2 Å². The Labute approximate surface area is 234 Å². The second kappa shape index (κ2) is 14.2. The van der Waals surface area contributed by atoms with Crippen LogP contribution in [0.3, 0.4) is 0 Å². The van der Waals surface area contributed by atoms with Gasteiger partial charge in [-0.2, -0.15) is 0 Å². The number of alkyl carbamates (subject to hydrolysis) is 1. The predicted octanol–water partition coefficient (Wildman–Crippen LogP) is 3.83. The molecule has 2 aromatic heterocycles. The number of aromatic nitrogens is 2. The number of nitrogens with one attached hydrogen (secondary N) is 3. The summed E-state index contributed by atoms with van der Waals surface area (Å²) in [5.41, 5.74) is 0.980. The molecule has 1 aromatic carbocycles. The van der Waals surface area contributed by atoms with Crippen LogP contribution < -0.4 is 16.0 Å². The smallest absolute Gasteiger partial charge is 0.408 e. The van der Waals surface area contributed by atoms with Crippen molar-refractivity contribution in [3.05, 3.63) is 69.8 Å². The number of benzene rings is 1. The van der Waals surface area contributed by atoms with Gasteiger partial charge in [-0.05, 0) is 38.2 Å². The van der Waals surface area contributed by atoms with Crippen LogP contribution in [0, 0.1) is 0 Å². The van der Waals surface area contributed by atoms with E-state index in [2.05, 4.69) is 25.9 Å². The van der Waals surface area contributed by atoms with Crippen LogP contribution in [0.15, 0.2) is 46.4 Å². The number of esters is 1. The molecule has 0 spiro atoms. The summed E-state index contributed by atoms with van der Waals surface area (Å²) in [6, 6.07) is 7.98. The van der Waals surface area contributed by atoms with Gasteiger partial charge in [-0.15, -0.1) is 11.3 Å². The number of nitrogens with zero attached hydrogens (tertiary/aromatic N) is 2. The summed E-state index contributed by atoms with van der Waals surface area (Å²) in [7, 11) is 0. The van der Waals surface area contributed by atoms with Crippen LogP contribution in [0.5, 0.6) is 0 Å². The minimum atomic E-state index is -0.654. The molecule has 1 aliphatic heterocycles. The molecule has 0 fully saturated rings. The van der Waals surface area contributed by atoms with Crippen LogP contribution in [0.2, 0.25) is 0 Å². The summed E-state index contributed by atoms with van der Waals surface area (Å²) in [5, 5.41) is 10.5. The number of amides is 3. The molecule has 13 heteroatoms. The highest BCUT2D eigenvalue weighted by Gasteiger charge is 2.26. The molecule has 3 heterocycles. The maximum absolute atomic E-state index is 13.1. The van der Waals surface area contributed by atoms with Crippen LogP contribution >= 0.6 is 11.3 Å². The van der Waals surface area contributed by atoms with Crippen molar-refractivity contribution in [1.82, 2.24) is 25.9 Å². The zero-order chi connectivity index (χ0) is 28.3. The average molecular weight is 570 g/mol. The fourth-order valence-electron chi connectivity index (χ4n) is 4.02.